The first-order valence-electron chi connectivity index (χ1n) is 29.0. The third-order valence-electron chi connectivity index (χ3n) is 13.5. The highest BCUT2D eigenvalue weighted by Gasteiger charge is 2.05. The second-order valence-corrected chi connectivity index (χ2v) is 19.9. The van der Waals surface area contributed by atoms with Gasteiger partial charge in [-0.05, 0) is 25.7 Å². The second kappa shape index (κ2) is 56.1. The van der Waals surface area contributed by atoms with Crippen molar-refractivity contribution >= 4 is 11.9 Å². The van der Waals surface area contributed by atoms with Crippen LogP contribution < -0.4 is 0 Å². The first-order chi connectivity index (χ1) is 30.7. The maximum absolute atomic E-state index is 12.1. The quantitative estimate of drug-likeness (QED) is 0.0451. The second-order valence-electron chi connectivity index (χ2n) is 19.9. The first-order valence-corrected chi connectivity index (χ1v) is 29.0. The minimum Gasteiger partial charge on any atom is -0.466 e. The Bertz CT molecular complexity index is 773. The molecule has 0 saturated carbocycles. The molecule has 0 N–H and O–H groups in total. The summed E-state index contributed by atoms with van der Waals surface area (Å²) in [4.78, 5) is 24.1. The van der Waals surface area contributed by atoms with Crippen LogP contribution in [0.5, 0.6) is 0 Å². The minimum absolute atomic E-state index is 0.0197. The van der Waals surface area contributed by atoms with Gasteiger partial charge in [0.1, 0.15) is 0 Å². The summed E-state index contributed by atoms with van der Waals surface area (Å²) in [6.45, 7) is 5.82. The molecular formula is C58H114O4. The Morgan fingerprint density at radius 2 is 0.355 bits per heavy atom. The fourth-order valence-corrected chi connectivity index (χ4v) is 9.18. The molecule has 0 saturated heterocycles. The predicted octanol–water partition coefficient (Wildman–Crippen LogP) is 20.4. The normalized spacial score (nSPS) is 11.5. The third-order valence-corrected chi connectivity index (χ3v) is 13.5. The smallest absolute Gasteiger partial charge is 0.305 e. The monoisotopic (exact) mass is 875 g/mol. The van der Waals surface area contributed by atoms with Crippen LogP contribution in [0.1, 0.15) is 348 Å². The lowest BCUT2D eigenvalue weighted by molar-refractivity contribution is -0.144. The summed E-state index contributed by atoms with van der Waals surface area (Å²) in [7, 11) is 0. The van der Waals surface area contributed by atoms with Crippen LogP contribution in [0.4, 0.5) is 0 Å². The highest BCUT2D eigenvalue weighted by molar-refractivity contribution is 5.69. The van der Waals surface area contributed by atoms with Gasteiger partial charge in [0.15, 0.2) is 0 Å². The molecule has 0 spiro atoms. The molecule has 370 valence electrons. The molecule has 0 aliphatic carbocycles. The zero-order chi connectivity index (χ0) is 44.8. The maximum Gasteiger partial charge on any atom is 0.305 e. The number of rotatable bonds is 55. The van der Waals surface area contributed by atoms with Crippen molar-refractivity contribution in [3.8, 4) is 0 Å². The van der Waals surface area contributed by atoms with Gasteiger partial charge in [0.05, 0.1) is 13.2 Å². The third kappa shape index (κ3) is 55.1. The topological polar surface area (TPSA) is 52.6 Å². The lowest BCUT2D eigenvalue weighted by atomic mass is 10.0. The van der Waals surface area contributed by atoms with Crippen molar-refractivity contribution in [3.05, 3.63) is 0 Å². The lowest BCUT2D eigenvalue weighted by Crippen LogP contribution is -2.05. The van der Waals surface area contributed by atoms with Crippen LogP contribution in [0.15, 0.2) is 0 Å². The van der Waals surface area contributed by atoms with Gasteiger partial charge in [-0.2, -0.15) is 0 Å². The summed E-state index contributed by atoms with van der Waals surface area (Å²) in [5, 5.41) is 0. The molecule has 0 aliphatic heterocycles. The summed E-state index contributed by atoms with van der Waals surface area (Å²) in [6, 6.07) is 0. The van der Waals surface area contributed by atoms with Gasteiger partial charge < -0.3 is 9.47 Å². The average Bonchev–Trinajstić information content (AvgIpc) is 3.27. The van der Waals surface area contributed by atoms with Crippen LogP contribution in [0, 0.1) is 0 Å². The number of carbonyl (C=O) groups excluding carboxylic acids is 2. The van der Waals surface area contributed by atoms with E-state index in [-0.39, 0.29) is 11.9 Å². The van der Waals surface area contributed by atoms with Gasteiger partial charge in [-0.3, -0.25) is 9.59 Å². The summed E-state index contributed by atoms with van der Waals surface area (Å²) < 4.78 is 11.0. The molecule has 0 aromatic heterocycles. The molecular weight excluding hydrogens is 761 g/mol. The number of carbonyl (C=O) groups is 2. The van der Waals surface area contributed by atoms with Gasteiger partial charge in [-0.25, -0.2) is 0 Å². The fourth-order valence-electron chi connectivity index (χ4n) is 9.18. The van der Waals surface area contributed by atoms with Crippen LogP contribution in [0.25, 0.3) is 0 Å². The minimum atomic E-state index is 0.0197. The highest BCUT2D eigenvalue weighted by atomic mass is 16.5. The van der Waals surface area contributed by atoms with Gasteiger partial charge in [-0.1, -0.05) is 309 Å². The summed E-state index contributed by atoms with van der Waals surface area (Å²) in [5.74, 6) is 0.0393. The zero-order valence-corrected chi connectivity index (χ0v) is 42.8. The molecule has 62 heavy (non-hydrogen) atoms. The Hall–Kier alpha value is -1.06. The Kier molecular flexibility index (Phi) is 55.1. The van der Waals surface area contributed by atoms with Crippen LogP contribution in [0.3, 0.4) is 0 Å². The fraction of sp³-hybridized carbons (Fsp3) is 0.966. The van der Waals surface area contributed by atoms with E-state index in [2.05, 4.69) is 13.8 Å². The van der Waals surface area contributed by atoms with E-state index in [1.54, 1.807) is 0 Å². The van der Waals surface area contributed by atoms with Gasteiger partial charge in [0, 0.05) is 12.8 Å². The van der Waals surface area contributed by atoms with Crippen LogP contribution in [-0.4, -0.2) is 25.2 Å². The van der Waals surface area contributed by atoms with Gasteiger partial charge in [0.2, 0.25) is 0 Å². The number of hydrogen-bond acceptors (Lipinski definition) is 4. The maximum atomic E-state index is 12.1. The average molecular weight is 876 g/mol. The molecule has 0 radical (unpaired) electrons. The van der Waals surface area contributed by atoms with Gasteiger partial charge in [-0.15, -0.1) is 0 Å². The highest BCUT2D eigenvalue weighted by Crippen LogP contribution is 2.18. The molecule has 0 amide bonds. The molecule has 0 aromatic rings. The van der Waals surface area contributed by atoms with E-state index < -0.39 is 0 Å². The van der Waals surface area contributed by atoms with Crippen molar-refractivity contribution in [2.24, 2.45) is 0 Å². The summed E-state index contributed by atoms with van der Waals surface area (Å²) in [6.07, 6.45) is 68.4. The number of hydrogen-bond donors (Lipinski definition) is 0. The number of unbranched alkanes of at least 4 members (excludes halogenated alkanes) is 47. The van der Waals surface area contributed by atoms with Crippen molar-refractivity contribution in [2.45, 2.75) is 348 Å². The van der Waals surface area contributed by atoms with Crippen molar-refractivity contribution < 1.29 is 19.1 Å². The molecule has 0 rings (SSSR count). The Morgan fingerprint density at radius 1 is 0.210 bits per heavy atom. The Labute approximate surface area is 390 Å². The van der Waals surface area contributed by atoms with E-state index in [1.165, 1.54) is 295 Å². The molecule has 0 heterocycles. The largest absolute Gasteiger partial charge is 0.466 e. The first kappa shape index (κ1) is 60.9. The molecule has 0 aliphatic rings. The molecule has 0 aromatic carbocycles. The van der Waals surface area contributed by atoms with E-state index >= 15 is 0 Å². The Morgan fingerprint density at radius 3 is 0.532 bits per heavy atom. The van der Waals surface area contributed by atoms with E-state index in [0.29, 0.717) is 26.1 Å². The molecule has 4 heteroatoms. The van der Waals surface area contributed by atoms with Gasteiger partial charge >= 0.3 is 11.9 Å². The molecule has 0 atom stereocenters. The number of ether oxygens (including phenoxy) is 2. The summed E-state index contributed by atoms with van der Waals surface area (Å²) in [5.41, 5.74) is 0. The molecule has 4 nitrogen and oxygen atoms in total. The molecule has 0 unspecified atom stereocenters. The number of esters is 2. The predicted molar refractivity (Wildman–Crippen MR) is 273 cm³/mol. The van der Waals surface area contributed by atoms with Crippen LogP contribution >= 0.6 is 0 Å². The van der Waals surface area contributed by atoms with E-state index in [1.807, 2.05) is 0 Å². The van der Waals surface area contributed by atoms with Crippen molar-refractivity contribution in [2.75, 3.05) is 13.2 Å². The van der Waals surface area contributed by atoms with Gasteiger partial charge in [0.25, 0.3) is 0 Å². The van der Waals surface area contributed by atoms with Crippen LogP contribution in [0.2, 0.25) is 0 Å². The Balaban J connectivity index is 3.19. The van der Waals surface area contributed by atoms with Crippen molar-refractivity contribution in [3.63, 3.8) is 0 Å². The van der Waals surface area contributed by atoms with E-state index in [0.717, 1.165) is 25.7 Å². The molecule has 0 bridgehead atoms. The standard InChI is InChI=1S/C58H114O4/c1-3-5-7-9-11-13-15-17-19-21-25-29-33-37-41-45-49-53-57(59)61-55-51-47-43-39-35-31-27-23-24-28-32-36-40-44-48-52-56-62-58(60)54-50-46-42-38-34-30-26-22-20-18-16-14-12-10-8-6-4-2/h3-56H2,1-2H3. The zero-order valence-electron chi connectivity index (χ0n) is 42.8. The summed E-state index contributed by atoms with van der Waals surface area (Å²) >= 11 is 0. The van der Waals surface area contributed by atoms with E-state index in [4.69, 9.17) is 9.47 Å². The van der Waals surface area contributed by atoms with Crippen LogP contribution in [-0.2, 0) is 19.1 Å². The lowest BCUT2D eigenvalue weighted by Gasteiger charge is -2.06. The van der Waals surface area contributed by atoms with Crippen molar-refractivity contribution in [1.82, 2.24) is 0 Å². The SMILES string of the molecule is CCCCCCCCCCCCCCCCCCCC(=O)OCCCCCCCCCCCCCCCCCCOC(=O)CCCCCCCCCCCCCCCCCCC. The van der Waals surface area contributed by atoms with Crippen molar-refractivity contribution in [1.29, 1.82) is 0 Å². The van der Waals surface area contributed by atoms with E-state index in [9.17, 15) is 9.59 Å². The molecule has 0 fully saturated rings.